The first-order valence-corrected chi connectivity index (χ1v) is 7.87. The molecule has 0 spiro atoms. The number of aromatic nitrogens is 3. The molecule has 0 aliphatic carbocycles. The Labute approximate surface area is 152 Å². The van der Waals surface area contributed by atoms with Crippen molar-refractivity contribution in [3.05, 3.63) is 64.8 Å². The van der Waals surface area contributed by atoms with Crippen LogP contribution in [0.4, 0.5) is 36.3 Å². The molecule has 5 nitrogen and oxygen atoms in total. The fourth-order valence-corrected chi connectivity index (χ4v) is 2.37. The lowest BCUT2D eigenvalue weighted by atomic mass is 10.2. The third kappa shape index (κ3) is 4.20. The highest BCUT2D eigenvalue weighted by atomic mass is 35.5. The molecule has 2 aromatic carbocycles. The van der Waals surface area contributed by atoms with Gasteiger partial charge in [-0.1, -0.05) is 23.7 Å². The van der Waals surface area contributed by atoms with Gasteiger partial charge >= 0.3 is 6.18 Å². The largest absolute Gasteiger partial charge is 0.416 e. The van der Waals surface area contributed by atoms with Gasteiger partial charge < -0.3 is 10.6 Å². The summed E-state index contributed by atoms with van der Waals surface area (Å²) in [6, 6.07) is 10.1. The highest BCUT2D eigenvalue weighted by Gasteiger charge is 2.30. The predicted molar refractivity (Wildman–Crippen MR) is 94.0 cm³/mol. The van der Waals surface area contributed by atoms with Gasteiger partial charge in [0.25, 0.3) is 0 Å². The van der Waals surface area contributed by atoms with E-state index in [1.54, 1.807) is 12.1 Å². The first kappa shape index (κ1) is 17.9. The standard InChI is InChI=1S/C17H13ClF3N5/c1-10-13(18)6-3-7-14(10)24-15-9-22-26-16(25-15)23-12-5-2-4-11(8-12)17(19,20)21/h2-9H,1H3,(H2,23,24,25,26). The normalized spacial score (nSPS) is 11.3. The van der Waals surface area contributed by atoms with Crippen LogP contribution < -0.4 is 10.6 Å². The zero-order chi connectivity index (χ0) is 18.7. The van der Waals surface area contributed by atoms with E-state index < -0.39 is 11.7 Å². The monoisotopic (exact) mass is 379 g/mol. The summed E-state index contributed by atoms with van der Waals surface area (Å²) in [5.41, 5.74) is 1.01. The molecular formula is C17H13ClF3N5. The summed E-state index contributed by atoms with van der Waals surface area (Å²) in [5, 5.41) is 14.0. The molecule has 3 rings (SSSR count). The number of hydrogen-bond acceptors (Lipinski definition) is 5. The fourth-order valence-electron chi connectivity index (χ4n) is 2.20. The lowest BCUT2D eigenvalue weighted by Gasteiger charge is -2.11. The number of rotatable bonds is 4. The van der Waals surface area contributed by atoms with Gasteiger partial charge in [-0.15, -0.1) is 5.10 Å². The lowest BCUT2D eigenvalue weighted by Crippen LogP contribution is -2.06. The van der Waals surface area contributed by atoms with Crippen LogP contribution in [-0.4, -0.2) is 15.2 Å². The topological polar surface area (TPSA) is 62.7 Å². The van der Waals surface area contributed by atoms with Crippen molar-refractivity contribution in [2.45, 2.75) is 13.1 Å². The molecule has 0 amide bonds. The van der Waals surface area contributed by atoms with Crippen LogP contribution in [-0.2, 0) is 6.18 Å². The van der Waals surface area contributed by atoms with Gasteiger partial charge in [0.1, 0.15) is 0 Å². The second-order valence-corrected chi connectivity index (χ2v) is 5.81. The molecule has 0 fully saturated rings. The number of nitrogens with one attached hydrogen (secondary N) is 2. The molecule has 0 unspecified atom stereocenters. The highest BCUT2D eigenvalue weighted by molar-refractivity contribution is 6.31. The fraction of sp³-hybridized carbons (Fsp3) is 0.118. The summed E-state index contributed by atoms with van der Waals surface area (Å²) in [6.45, 7) is 1.85. The van der Waals surface area contributed by atoms with Gasteiger partial charge in [-0.2, -0.15) is 23.3 Å². The van der Waals surface area contributed by atoms with Crippen LogP contribution in [0.25, 0.3) is 0 Å². The van der Waals surface area contributed by atoms with Crippen molar-refractivity contribution in [3.8, 4) is 0 Å². The summed E-state index contributed by atoms with van der Waals surface area (Å²) in [7, 11) is 0. The average Bonchev–Trinajstić information content (AvgIpc) is 2.59. The molecule has 0 radical (unpaired) electrons. The van der Waals surface area contributed by atoms with Gasteiger partial charge in [0.15, 0.2) is 5.82 Å². The Hall–Kier alpha value is -2.87. The van der Waals surface area contributed by atoms with Gasteiger partial charge in [-0.05, 0) is 42.8 Å². The molecule has 134 valence electrons. The number of hydrogen-bond donors (Lipinski definition) is 2. The quantitative estimate of drug-likeness (QED) is 0.640. The zero-order valence-corrected chi connectivity index (χ0v) is 14.2. The number of alkyl halides is 3. The number of benzene rings is 2. The van der Waals surface area contributed by atoms with Crippen LogP contribution in [0.5, 0.6) is 0 Å². The maximum Gasteiger partial charge on any atom is 0.416 e. The van der Waals surface area contributed by atoms with Gasteiger partial charge in [0.2, 0.25) is 5.95 Å². The molecule has 0 bridgehead atoms. The molecule has 0 saturated carbocycles. The molecule has 1 heterocycles. The second kappa shape index (κ2) is 7.17. The highest BCUT2D eigenvalue weighted by Crippen LogP contribution is 2.31. The van der Waals surface area contributed by atoms with Crippen molar-refractivity contribution < 1.29 is 13.2 Å². The van der Waals surface area contributed by atoms with Crippen molar-refractivity contribution >= 4 is 34.7 Å². The van der Waals surface area contributed by atoms with Gasteiger partial charge in [-0.25, -0.2) is 0 Å². The maximum absolute atomic E-state index is 12.8. The lowest BCUT2D eigenvalue weighted by molar-refractivity contribution is -0.137. The Kier molecular flexibility index (Phi) is 4.94. The molecule has 9 heteroatoms. The first-order chi connectivity index (χ1) is 12.3. The molecule has 0 aliphatic heterocycles. The minimum atomic E-state index is -4.43. The predicted octanol–water partition coefficient (Wildman–Crippen LogP) is 5.34. The van der Waals surface area contributed by atoms with E-state index in [1.807, 2.05) is 13.0 Å². The molecule has 0 saturated heterocycles. The van der Waals surface area contributed by atoms with Gasteiger partial charge in [0.05, 0.1) is 11.8 Å². The molecule has 0 aliphatic rings. The summed E-state index contributed by atoms with van der Waals surface area (Å²) in [6.07, 6.45) is -3.03. The Morgan fingerprint density at radius 3 is 2.58 bits per heavy atom. The van der Waals surface area contributed by atoms with Crippen LogP contribution in [0.2, 0.25) is 5.02 Å². The molecular weight excluding hydrogens is 367 g/mol. The van der Waals surface area contributed by atoms with Crippen molar-refractivity contribution in [3.63, 3.8) is 0 Å². The van der Waals surface area contributed by atoms with Gasteiger partial charge in [0, 0.05) is 16.4 Å². The van der Waals surface area contributed by atoms with E-state index in [0.29, 0.717) is 10.8 Å². The summed E-state index contributed by atoms with van der Waals surface area (Å²) >= 11 is 6.08. The second-order valence-electron chi connectivity index (χ2n) is 5.41. The van der Waals surface area contributed by atoms with Crippen LogP contribution in [0, 0.1) is 6.92 Å². The van der Waals surface area contributed by atoms with Crippen molar-refractivity contribution in [2.24, 2.45) is 0 Å². The van der Waals surface area contributed by atoms with E-state index in [4.69, 9.17) is 11.6 Å². The zero-order valence-electron chi connectivity index (χ0n) is 13.5. The third-order valence-electron chi connectivity index (χ3n) is 3.54. The average molecular weight is 380 g/mol. The molecule has 26 heavy (non-hydrogen) atoms. The van der Waals surface area contributed by atoms with E-state index in [1.165, 1.54) is 18.3 Å². The SMILES string of the molecule is Cc1c(Cl)cccc1Nc1cnnc(Nc2cccc(C(F)(F)F)c2)n1. The third-order valence-corrected chi connectivity index (χ3v) is 3.94. The Balaban J connectivity index is 1.81. The Bertz CT molecular complexity index is 930. The van der Waals surface area contributed by atoms with Crippen LogP contribution in [0.15, 0.2) is 48.7 Å². The summed E-state index contributed by atoms with van der Waals surface area (Å²) < 4.78 is 38.4. The molecule has 3 aromatic rings. The van der Waals surface area contributed by atoms with Gasteiger partial charge in [-0.3, -0.25) is 0 Å². The number of anilines is 4. The maximum atomic E-state index is 12.8. The Morgan fingerprint density at radius 2 is 1.81 bits per heavy atom. The summed E-state index contributed by atoms with van der Waals surface area (Å²) in [5.74, 6) is 0.439. The molecule has 2 N–H and O–H groups in total. The van der Waals surface area contributed by atoms with Crippen LogP contribution in [0.1, 0.15) is 11.1 Å². The molecule has 0 atom stereocenters. The van der Waals surface area contributed by atoms with E-state index in [-0.39, 0.29) is 11.6 Å². The minimum absolute atomic E-state index is 0.0639. The summed E-state index contributed by atoms with van der Waals surface area (Å²) in [4.78, 5) is 4.21. The minimum Gasteiger partial charge on any atom is -0.339 e. The van der Waals surface area contributed by atoms with Crippen molar-refractivity contribution in [1.82, 2.24) is 15.2 Å². The van der Waals surface area contributed by atoms with Crippen LogP contribution >= 0.6 is 11.6 Å². The van der Waals surface area contributed by atoms with E-state index in [2.05, 4.69) is 25.8 Å². The van der Waals surface area contributed by atoms with E-state index in [9.17, 15) is 13.2 Å². The number of nitrogens with zero attached hydrogens (tertiary/aromatic N) is 3. The first-order valence-electron chi connectivity index (χ1n) is 7.49. The van der Waals surface area contributed by atoms with Crippen molar-refractivity contribution in [2.75, 3.05) is 10.6 Å². The molecule has 1 aromatic heterocycles. The van der Waals surface area contributed by atoms with Crippen molar-refractivity contribution in [1.29, 1.82) is 0 Å². The Morgan fingerprint density at radius 1 is 1.04 bits per heavy atom. The number of halogens is 4. The smallest absolute Gasteiger partial charge is 0.339 e. The van der Waals surface area contributed by atoms with E-state index >= 15 is 0 Å². The van der Waals surface area contributed by atoms with Crippen LogP contribution in [0.3, 0.4) is 0 Å². The van der Waals surface area contributed by atoms with E-state index in [0.717, 1.165) is 23.4 Å².